The van der Waals surface area contributed by atoms with E-state index < -0.39 is 0 Å². The van der Waals surface area contributed by atoms with Crippen LogP contribution in [0.3, 0.4) is 0 Å². The van der Waals surface area contributed by atoms with Gasteiger partial charge in [0.25, 0.3) is 0 Å². The molecule has 132 valence electrons. The number of amides is 1. The van der Waals surface area contributed by atoms with Crippen LogP contribution >= 0.6 is 0 Å². The van der Waals surface area contributed by atoms with E-state index in [-0.39, 0.29) is 11.4 Å². The van der Waals surface area contributed by atoms with Gasteiger partial charge in [-0.05, 0) is 44.6 Å². The predicted octanol–water partition coefficient (Wildman–Crippen LogP) is 2.86. The predicted molar refractivity (Wildman–Crippen MR) is 96.2 cm³/mol. The lowest BCUT2D eigenvalue weighted by atomic mass is 9.90. The van der Waals surface area contributed by atoms with Crippen LogP contribution in [0.1, 0.15) is 55.7 Å². The molecule has 1 aliphatic carbocycles. The number of hydrogen-bond donors (Lipinski definition) is 0. The molecule has 1 unspecified atom stereocenters. The summed E-state index contributed by atoms with van der Waals surface area (Å²) in [5, 5.41) is 4.49. The Morgan fingerprint density at radius 3 is 2.76 bits per heavy atom. The molecule has 5 heteroatoms. The van der Waals surface area contributed by atoms with E-state index in [0.29, 0.717) is 12.3 Å². The van der Waals surface area contributed by atoms with Gasteiger partial charge in [0, 0.05) is 25.0 Å². The van der Waals surface area contributed by atoms with Crippen molar-refractivity contribution < 1.29 is 4.79 Å². The highest BCUT2D eigenvalue weighted by Crippen LogP contribution is 2.38. The zero-order valence-electron chi connectivity index (χ0n) is 15.1. The fraction of sp³-hybridized carbons (Fsp3) is 0.550. The standard InChI is InChI=1S/C20H26N4O/c1-20(14-15-7-4-3-5-8-15)11-6-12-24(20)18(25)13-17-21-19(16-9-10-16)22-23(17)2/h3-5,7-8,16H,6,9-14H2,1-2H3. The topological polar surface area (TPSA) is 51.0 Å². The minimum Gasteiger partial charge on any atom is -0.337 e. The maximum Gasteiger partial charge on any atom is 0.230 e. The molecule has 5 nitrogen and oxygen atoms in total. The average molecular weight is 338 g/mol. The van der Waals surface area contributed by atoms with Crippen molar-refractivity contribution in [3.05, 3.63) is 47.5 Å². The van der Waals surface area contributed by atoms with Gasteiger partial charge in [0.15, 0.2) is 5.82 Å². The van der Waals surface area contributed by atoms with Crippen LogP contribution in [0.2, 0.25) is 0 Å². The third-order valence-corrected chi connectivity index (χ3v) is 5.60. The molecule has 1 aliphatic heterocycles. The van der Waals surface area contributed by atoms with Crippen molar-refractivity contribution >= 4 is 5.91 Å². The number of aryl methyl sites for hydroxylation is 1. The van der Waals surface area contributed by atoms with Crippen LogP contribution in [0, 0.1) is 0 Å². The SMILES string of the molecule is Cn1nc(C2CC2)nc1CC(=O)N1CCCC1(C)Cc1ccccc1. The van der Waals surface area contributed by atoms with Gasteiger partial charge in [-0.25, -0.2) is 4.98 Å². The second kappa shape index (κ2) is 6.28. The Morgan fingerprint density at radius 1 is 1.28 bits per heavy atom. The van der Waals surface area contributed by atoms with Crippen LogP contribution in [0.15, 0.2) is 30.3 Å². The van der Waals surface area contributed by atoms with Crippen molar-refractivity contribution in [2.75, 3.05) is 6.54 Å². The Balaban J connectivity index is 1.48. The first-order valence-corrected chi connectivity index (χ1v) is 9.29. The van der Waals surface area contributed by atoms with Crippen LogP contribution in [-0.4, -0.2) is 37.7 Å². The Morgan fingerprint density at radius 2 is 2.04 bits per heavy atom. The maximum atomic E-state index is 13.0. The molecule has 25 heavy (non-hydrogen) atoms. The molecule has 1 aromatic carbocycles. The summed E-state index contributed by atoms with van der Waals surface area (Å²) in [7, 11) is 1.90. The third kappa shape index (κ3) is 3.32. The summed E-state index contributed by atoms with van der Waals surface area (Å²) in [5.41, 5.74) is 1.19. The maximum absolute atomic E-state index is 13.0. The molecule has 4 rings (SSSR count). The number of carbonyl (C=O) groups excluding carboxylic acids is 1. The van der Waals surface area contributed by atoms with Crippen molar-refractivity contribution in [1.82, 2.24) is 19.7 Å². The summed E-state index contributed by atoms with van der Waals surface area (Å²) >= 11 is 0. The van der Waals surface area contributed by atoms with Crippen molar-refractivity contribution in [3.8, 4) is 0 Å². The molecule has 0 radical (unpaired) electrons. The van der Waals surface area contributed by atoms with Gasteiger partial charge in [0.1, 0.15) is 5.82 Å². The molecule has 2 aromatic rings. The number of rotatable bonds is 5. The van der Waals surface area contributed by atoms with E-state index in [9.17, 15) is 4.79 Å². The molecule has 1 saturated heterocycles. The molecule has 2 aliphatic rings. The minimum absolute atomic E-state index is 0.101. The number of benzene rings is 1. The zero-order valence-corrected chi connectivity index (χ0v) is 15.1. The normalized spacial score (nSPS) is 23.2. The Bertz CT molecular complexity index is 765. The van der Waals surface area contributed by atoms with Crippen LogP contribution < -0.4 is 0 Å². The van der Waals surface area contributed by atoms with E-state index in [1.165, 1.54) is 18.4 Å². The monoisotopic (exact) mass is 338 g/mol. The van der Waals surface area contributed by atoms with Gasteiger partial charge in [-0.1, -0.05) is 30.3 Å². The van der Waals surface area contributed by atoms with Gasteiger partial charge in [-0.3, -0.25) is 9.48 Å². The molecular weight excluding hydrogens is 312 g/mol. The number of hydrogen-bond acceptors (Lipinski definition) is 3. The second-order valence-electron chi connectivity index (χ2n) is 7.77. The summed E-state index contributed by atoms with van der Waals surface area (Å²) in [4.78, 5) is 19.7. The zero-order chi connectivity index (χ0) is 17.4. The van der Waals surface area contributed by atoms with Gasteiger partial charge >= 0.3 is 0 Å². The highest BCUT2D eigenvalue weighted by Gasteiger charge is 2.40. The van der Waals surface area contributed by atoms with E-state index in [4.69, 9.17) is 0 Å². The molecule has 2 fully saturated rings. The molecule has 1 atom stereocenters. The van der Waals surface area contributed by atoms with E-state index in [1.54, 1.807) is 4.68 Å². The molecule has 0 bridgehead atoms. The van der Waals surface area contributed by atoms with E-state index in [2.05, 4.69) is 46.2 Å². The first kappa shape index (κ1) is 16.3. The number of aromatic nitrogens is 3. The van der Waals surface area contributed by atoms with Crippen molar-refractivity contribution in [2.45, 2.75) is 56.9 Å². The van der Waals surface area contributed by atoms with Crippen LogP contribution in [-0.2, 0) is 24.7 Å². The molecule has 0 N–H and O–H groups in total. The molecule has 2 heterocycles. The largest absolute Gasteiger partial charge is 0.337 e. The molecule has 1 amide bonds. The van der Waals surface area contributed by atoms with E-state index in [0.717, 1.165) is 37.5 Å². The highest BCUT2D eigenvalue weighted by atomic mass is 16.2. The number of likely N-dealkylation sites (tertiary alicyclic amines) is 1. The minimum atomic E-state index is -0.101. The lowest BCUT2D eigenvalue weighted by Crippen LogP contribution is -2.47. The summed E-state index contributed by atoms with van der Waals surface area (Å²) in [6, 6.07) is 10.5. The van der Waals surface area contributed by atoms with Gasteiger partial charge < -0.3 is 4.90 Å². The average Bonchev–Trinajstić information content (AvgIpc) is 3.28. The Kier molecular flexibility index (Phi) is 4.10. The van der Waals surface area contributed by atoms with Crippen LogP contribution in [0.4, 0.5) is 0 Å². The Hall–Kier alpha value is -2.17. The van der Waals surface area contributed by atoms with Gasteiger partial charge in [-0.15, -0.1) is 0 Å². The molecule has 0 spiro atoms. The van der Waals surface area contributed by atoms with E-state index >= 15 is 0 Å². The molecule has 1 aromatic heterocycles. The Labute approximate surface area is 149 Å². The first-order valence-electron chi connectivity index (χ1n) is 9.29. The van der Waals surface area contributed by atoms with E-state index in [1.807, 2.05) is 13.1 Å². The molecular formula is C20H26N4O. The second-order valence-corrected chi connectivity index (χ2v) is 7.77. The number of carbonyl (C=O) groups is 1. The smallest absolute Gasteiger partial charge is 0.230 e. The fourth-order valence-corrected chi connectivity index (χ4v) is 4.01. The summed E-state index contributed by atoms with van der Waals surface area (Å²) in [5.74, 6) is 2.40. The van der Waals surface area contributed by atoms with Crippen molar-refractivity contribution in [1.29, 1.82) is 0 Å². The van der Waals surface area contributed by atoms with Crippen molar-refractivity contribution in [3.63, 3.8) is 0 Å². The lowest BCUT2D eigenvalue weighted by Gasteiger charge is -2.35. The van der Waals surface area contributed by atoms with Gasteiger partial charge in [0.05, 0.1) is 6.42 Å². The summed E-state index contributed by atoms with van der Waals surface area (Å²) in [6.07, 6.45) is 5.74. The summed E-state index contributed by atoms with van der Waals surface area (Å²) in [6.45, 7) is 3.06. The third-order valence-electron chi connectivity index (χ3n) is 5.60. The van der Waals surface area contributed by atoms with Crippen LogP contribution in [0.25, 0.3) is 0 Å². The van der Waals surface area contributed by atoms with Gasteiger partial charge in [-0.2, -0.15) is 5.10 Å². The molecule has 1 saturated carbocycles. The number of nitrogens with zero attached hydrogens (tertiary/aromatic N) is 4. The van der Waals surface area contributed by atoms with Crippen LogP contribution in [0.5, 0.6) is 0 Å². The summed E-state index contributed by atoms with van der Waals surface area (Å²) < 4.78 is 1.79. The highest BCUT2D eigenvalue weighted by molar-refractivity contribution is 5.79. The lowest BCUT2D eigenvalue weighted by molar-refractivity contribution is -0.134. The fourth-order valence-electron chi connectivity index (χ4n) is 4.01. The quantitative estimate of drug-likeness (QED) is 0.842. The first-order chi connectivity index (χ1) is 12.0. The van der Waals surface area contributed by atoms with Crippen molar-refractivity contribution in [2.24, 2.45) is 7.05 Å². The van der Waals surface area contributed by atoms with Gasteiger partial charge in [0.2, 0.25) is 5.91 Å².